The number of carbonyl (C=O) groups is 2. The molecule has 0 saturated carbocycles. The highest BCUT2D eigenvalue weighted by Crippen LogP contribution is 2.30. The Kier molecular flexibility index (Phi) is 4.66. The summed E-state index contributed by atoms with van der Waals surface area (Å²) in [7, 11) is 1.34. The normalized spacial score (nSPS) is 19.0. The number of amides is 2. The van der Waals surface area contributed by atoms with Crippen molar-refractivity contribution in [2.24, 2.45) is 0 Å². The van der Waals surface area contributed by atoms with Gasteiger partial charge in [0.2, 0.25) is 0 Å². The number of piperidine rings is 1. The maximum Gasteiger partial charge on any atom is 0.337 e. The minimum Gasteiger partial charge on any atom is -0.465 e. The van der Waals surface area contributed by atoms with Gasteiger partial charge < -0.3 is 14.4 Å². The summed E-state index contributed by atoms with van der Waals surface area (Å²) < 4.78 is 10.5. The molecule has 140 valence electrons. The third-order valence-electron chi connectivity index (χ3n) is 4.99. The van der Waals surface area contributed by atoms with E-state index >= 15 is 0 Å². The van der Waals surface area contributed by atoms with Crippen molar-refractivity contribution in [1.29, 1.82) is 0 Å². The van der Waals surface area contributed by atoms with Crippen LogP contribution in [-0.4, -0.2) is 48.1 Å². The van der Waals surface area contributed by atoms with Gasteiger partial charge in [-0.25, -0.2) is 14.6 Å². The molecule has 0 unspecified atom stereocenters. The Morgan fingerprint density at radius 2 is 2.07 bits per heavy atom. The van der Waals surface area contributed by atoms with Crippen LogP contribution in [0.5, 0.6) is 11.5 Å². The number of methoxy groups -OCH3 is 1. The van der Waals surface area contributed by atoms with Crippen molar-refractivity contribution in [3.05, 3.63) is 48.2 Å². The highest BCUT2D eigenvalue weighted by atomic mass is 16.5. The Bertz CT molecular complexity index is 853. The molecule has 2 aliphatic rings. The number of fused-ring (bicyclic) bond motifs is 1. The molecule has 0 spiro atoms. The SMILES string of the molecule is COC(=O)c1cccc(Oc2ccc(N3C[C@@H]4CCCCN4C3=O)nc2)c1. The zero-order valence-corrected chi connectivity index (χ0v) is 15.1. The molecule has 4 rings (SSSR count). The zero-order chi connectivity index (χ0) is 18.8. The summed E-state index contributed by atoms with van der Waals surface area (Å²) in [6.45, 7) is 1.52. The van der Waals surface area contributed by atoms with E-state index in [-0.39, 0.29) is 6.03 Å². The summed E-state index contributed by atoms with van der Waals surface area (Å²) in [6.07, 6.45) is 4.89. The average molecular weight is 367 g/mol. The van der Waals surface area contributed by atoms with Crippen LogP contribution in [-0.2, 0) is 4.74 Å². The smallest absolute Gasteiger partial charge is 0.337 e. The van der Waals surface area contributed by atoms with Crippen LogP contribution in [0, 0.1) is 0 Å². The molecule has 27 heavy (non-hydrogen) atoms. The molecule has 2 aromatic rings. The van der Waals surface area contributed by atoms with Gasteiger partial charge in [0.25, 0.3) is 0 Å². The van der Waals surface area contributed by atoms with E-state index in [1.807, 2.05) is 4.90 Å². The maximum atomic E-state index is 12.6. The number of ether oxygens (including phenoxy) is 2. The largest absolute Gasteiger partial charge is 0.465 e. The fourth-order valence-electron chi connectivity index (χ4n) is 3.61. The lowest BCUT2D eigenvalue weighted by Crippen LogP contribution is -2.38. The number of carbonyl (C=O) groups excluding carboxylic acids is 2. The van der Waals surface area contributed by atoms with Crippen molar-refractivity contribution < 1.29 is 19.1 Å². The Morgan fingerprint density at radius 3 is 2.81 bits per heavy atom. The molecule has 1 aromatic carbocycles. The molecule has 2 amide bonds. The van der Waals surface area contributed by atoms with Crippen LogP contribution in [0.15, 0.2) is 42.6 Å². The van der Waals surface area contributed by atoms with E-state index in [4.69, 9.17) is 9.47 Å². The number of nitrogens with zero attached hydrogens (tertiary/aromatic N) is 3. The van der Waals surface area contributed by atoms with Crippen LogP contribution >= 0.6 is 0 Å². The standard InChI is InChI=1S/C20H21N3O4/c1-26-19(24)14-5-4-7-16(11-14)27-17-8-9-18(21-12-17)23-13-15-6-2-3-10-22(15)20(23)25/h4-5,7-9,11-12,15H,2-3,6,10,13H2,1H3/t15-/m0/s1. The van der Waals surface area contributed by atoms with Gasteiger partial charge in [0.1, 0.15) is 17.3 Å². The minimum absolute atomic E-state index is 0.0339. The van der Waals surface area contributed by atoms with Gasteiger partial charge in [0.15, 0.2) is 0 Å². The van der Waals surface area contributed by atoms with Gasteiger partial charge in [0.05, 0.1) is 24.9 Å². The number of anilines is 1. The molecule has 0 aliphatic carbocycles. The molecule has 2 saturated heterocycles. The van der Waals surface area contributed by atoms with Crippen molar-refractivity contribution in [1.82, 2.24) is 9.88 Å². The topological polar surface area (TPSA) is 72.0 Å². The predicted octanol–water partition coefficient (Wildman–Crippen LogP) is 3.46. The third kappa shape index (κ3) is 3.45. The number of hydrogen-bond acceptors (Lipinski definition) is 5. The van der Waals surface area contributed by atoms with Gasteiger partial charge in [-0.05, 0) is 49.6 Å². The first-order chi connectivity index (χ1) is 13.2. The molecule has 0 N–H and O–H groups in total. The average Bonchev–Trinajstić information content (AvgIpc) is 3.05. The number of hydrogen-bond donors (Lipinski definition) is 0. The lowest BCUT2D eigenvalue weighted by atomic mass is 10.0. The number of esters is 1. The second-order valence-electron chi connectivity index (χ2n) is 6.71. The predicted molar refractivity (Wildman–Crippen MR) is 99.2 cm³/mol. The van der Waals surface area contributed by atoms with Crippen LogP contribution in [0.4, 0.5) is 10.6 Å². The fraction of sp³-hybridized carbons (Fsp3) is 0.350. The molecule has 2 aliphatic heterocycles. The van der Waals surface area contributed by atoms with Gasteiger partial charge in [0, 0.05) is 13.1 Å². The Labute approximate surface area is 157 Å². The highest BCUT2D eigenvalue weighted by Gasteiger charge is 2.39. The van der Waals surface area contributed by atoms with E-state index in [2.05, 4.69) is 4.98 Å². The summed E-state index contributed by atoms with van der Waals surface area (Å²) >= 11 is 0. The Balaban J connectivity index is 1.47. The van der Waals surface area contributed by atoms with E-state index in [0.717, 1.165) is 19.4 Å². The van der Waals surface area contributed by atoms with Crippen LogP contribution < -0.4 is 9.64 Å². The molecular formula is C20H21N3O4. The maximum absolute atomic E-state index is 12.6. The van der Waals surface area contributed by atoms with Gasteiger partial charge in [-0.2, -0.15) is 0 Å². The summed E-state index contributed by atoms with van der Waals surface area (Å²) in [5.74, 6) is 1.26. The van der Waals surface area contributed by atoms with Crippen molar-refractivity contribution in [2.75, 3.05) is 25.1 Å². The Morgan fingerprint density at radius 1 is 1.19 bits per heavy atom. The van der Waals surface area contributed by atoms with Gasteiger partial charge in [-0.1, -0.05) is 6.07 Å². The molecule has 7 heteroatoms. The van der Waals surface area contributed by atoms with E-state index in [9.17, 15) is 9.59 Å². The zero-order valence-electron chi connectivity index (χ0n) is 15.1. The summed E-state index contributed by atoms with van der Waals surface area (Å²) in [4.78, 5) is 32.3. The summed E-state index contributed by atoms with van der Waals surface area (Å²) in [5, 5.41) is 0. The van der Waals surface area contributed by atoms with E-state index < -0.39 is 5.97 Å². The van der Waals surface area contributed by atoms with Crippen molar-refractivity contribution in [3.8, 4) is 11.5 Å². The van der Waals surface area contributed by atoms with Gasteiger partial charge in [-0.15, -0.1) is 0 Å². The monoisotopic (exact) mass is 367 g/mol. The van der Waals surface area contributed by atoms with Crippen LogP contribution in [0.25, 0.3) is 0 Å². The lowest BCUT2D eigenvalue weighted by Gasteiger charge is -2.27. The first-order valence-corrected chi connectivity index (χ1v) is 9.06. The lowest BCUT2D eigenvalue weighted by molar-refractivity contribution is 0.0600. The fourth-order valence-corrected chi connectivity index (χ4v) is 3.61. The van der Waals surface area contributed by atoms with Crippen LogP contribution in [0.2, 0.25) is 0 Å². The molecule has 7 nitrogen and oxygen atoms in total. The van der Waals surface area contributed by atoms with Crippen LogP contribution in [0.1, 0.15) is 29.6 Å². The molecule has 0 radical (unpaired) electrons. The summed E-state index contributed by atoms with van der Waals surface area (Å²) in [5.41, 5.74) is 0.416. The second-order valence-corrected chi connectivity index (χ2v) is 6.71. The van der Waals surface area contributed by atoms with Crippen molar-refractivity contribution >= 4 is 17.8 Å². The van der Waals surface area contributed by atoms with Crippen LogP contribution in [0.3, 0.4) is 0 Å². The molecule has 0 bridgehead atoms. The highest BCUT2D eigenvalue weighted by molar-refractivity contribution is 5.93. The second kappa shape index (κ2) is 7.26. The van der Waals surface area contributed by atoms with Gasteiger partial charge in [-0.3, -0.25) is 4.90 Å². The molecule has 2 fully saturated rings. The minimum atomic E-state index is -0.419. The van der Waals surface area contributed by atoms with Crippen molar-refractivity contribution in [2.45, 2.75) is 25.3 Å². The molecule has 1 aromatic heterocycles. The first-order valence-electron chi connectivity index (χ1n) is 9.06. The van der Waals surface area contributed by atoms with E-state index in [1.54, 1.807) is 47.5 Å². The number of aromatic nitrogens is 1. The molecule has 1 atom stereocenters. The van der Waals surface area contributed by atoms with Crippen molar-refractivity contribution in [3.63, 3.8) is 0 Å². The first kappa shape index (κ1) is 17.3. The molecular weight excluding hydrogens is 346 g/mol. The number of rotatable bonds is 4. The third-order valence-corrected chi connectivity index (χ3v) is 4.99. The number of urea groups is 1. The number of benzene rings is 1. The Hall–Kier alpha value is -3.09. The number of pyridine rings is 1. The van der Waals surface area contributed by atoms with E-state index in [1.165, 1.54) is 13.5 Å². The molecule has 3 heterocycles. The van der Waals surface area contributed by atoms with Gasteiger partial charge >= 0.3 is 12.0 Å². The quantitative estimate of drug-likeness (QED) is 0.774. The summed E-state index contributed by atoms with van der Waals surface area (Å²) in [6, 6.07) is 10.6. The van der Waals surface area contributed by atoms with E-state index in [0.29, 0.717) is 35.5 Å².